The van der Waals surface area contributed by atoms with Crippen molar-refractivity contribution in [2.45, 2.75) is 4.90 Å². The Morgan fingerprint density at radius 1 is 1.00 bits per heavy atom. The fourth-order valence-corrected chi connectivity index (χ4v) is 2.68. The number of rotatable bonds is 0. The first-order valence-corrected chi connectivity index (χ1v) is 6.90. The van der Waals surface area contributed by atoms with Gasteiger partial charge in [0.15, 0.2) is 0 Å². The van der Waals surface area contributed by atoms with Gasteiger partial charge in [0.25, 0.3) is 0 Å². The lowest BCUT2D eigenvalue weighted by Crippen LogP contribution is -2.03. The Labute approximate surface area is 111 Å². The minimum atomic E-state index is 0.712. The van der Waals surface area contributed by atoms with E-state index in [-0.39, 0.29) is 0 Å². The highest BCUT2D eigenvalue weighted by Gasteiger charge is 2.06. The molecule has 3 heteroatoms. The number of hydrogen-bond acceptors (Lipinski definition) is 3. The fourth-order valence-electron chi connectivity index (χ4n) is 1.85. The maximum absolute atomic E-state index is 5.77. The molecule has 1 aliphatic heterocycles. The Hall–Kier alpha value is -1.74. The Bertz CT molecular complexity index is 529. The van der Waals surface area contributed by atoms with Gasteiger partial charge in [-0.05, 0) is 24.3 Å². The van der Waals surface area contributed by atoms with E-state index in [9.17, 15) is 0 Å². The van der Waals surface area contributed by atoms with Crippen molar-refractivity contribution in [3.05, 3.63) is 54.1 Å². The van der Waals surface area contributed by atoms with Crippen molar-refractivity contribution < 1.29 is 4.74 Å². The van der Waals surface area contributed by atoms with Gasteiger partial charge in [0.05, 0.1) is 12.3 Å². The Balaban J connectivity index is 2.04. The average Bonchev–Trinajstić information content (AvgIpc) is 2.44. The number of ether oxygens (including phenoxy) is 1. The van der Waals surface area contributed by atoms with Crippen LogP contribution < -0.4 is 4.74 Å². The summed E-state index contributed by atoms with van der Waals surface area (Å²) in [4.78, 5) is 5.77. The number of fused-ring (bicyclic) bond motifs is 2. The fraction of sp³-hybridized carbons (Fsp3) is 0.133. The smallest absolute Gasteiger partial charge is 0.128 e. The Morgan fingerprint density at radius 2 is 1.83 bits per heavy atom. The van der Waals surface area contributed by atoms with Crippen LogP contribution in [-0.2, 0) is 0 Å². The third-order valence-corrected chi connectivity index (χ3v) is 3.75. The van der Waals surface area contributed by atoms with Gasteiger partial charge in [-0.15, -0.1) is 11.8 Å². The van der Waals surface area contributed by atoms with Crippen LogP contribution in [0.15, 0.2) is 58.4 Å². The molecule has 0 saturated heterocycles. The molecule has 0 radical (unpaired) electrons. The van der Waals surface area contributed by atoms with Crippen molar-refractivity contribution in [3.63, 3.8) is 0 Å². The maximum atomic E-state index is 5.77. The molecular weight excluding hydrogens is 242 g/mol. The van der Waals surface area contributed by atoms with Crippen molar-refractivity contribution in [1.29, 1.82) is 0 Å². The van der Waals surface area contributed by atoms with Crippen LogP contribution in [0.1, 0.15) is 5.56 Å². The van der Waals surface area contributed by atoms with E-state index in [2.05, 4.69) is 11.1 Å². The second-order valence-electron chi connectivity index (χ2n) is 3.96. The minimum absolute atomic E-state index is 0.712. The predicted octanol–water partition coefficient (Wildman–Crippen LogP) is 3.92. The first kappa shape index (κ1) is 11.4. The summed E-state index contributed by atoms with van der Waals surface area (Å²) >= 11 is 1.78. The lowest BCUT2D eigenvalue weighted by Gasteiger charge is -2.11. The normalized spacial score (nSPS) is 14.2. The largest absolute Gasteiger partial charge is 0.492 e. The van der Waals surface area contributed by atoms with E-state index in [1.165, 1.54) is 4.90 Å². The summed E-state index contributed by atoms with van der Waals surface area (Å²) in [5.41, 5.74) is 2.05. The molecule has 0 saturated carbocycles. The topological polar surface area (TPSA) is 21.6 Å². The molecule has 0 amide bonds. The molecule has 18 heavy (non-hydrogen) atoms. The Kier molecular flexibility index (Phi) is 3.33. The van der Waals surface area contributed by atoms with Gasteiger partial charge in [-0.2, -0.15) is 0 Å². The average molecular weight is 255 g/mol. The van der Waals surface area contributed by atoms with Crippen LogP contribution in [0.5, 0.6) is 5.75 Å². The summed E-state index contributed by atoms with van der Waals surface area (Å²) in [6, 6.07) is 16.2. The van der Waals surface area contributed by atoms with Gasteiger partial charge in [0, 0.05) is 22.4 Å². The van der Waals surface area contributed by atoms with E-state index >= 15 is 0 Å². The number of benzene rings is 2. The summed E-state index contributed by atoms with van der Waals surface area (Å²) < 4.78 is 5.77. The zero-order valence-electron chi connectivity index (χ0n) is 9.87. The van der Waals surface area contributed by atoms with E-state index in [0.29, 0.717) is 6.61 Å². The third-order valence-electron chi connectivity index (χ3n) is 2.73. The van der Waals surface area contributed by atoms with Gasteiger partial charge in [-0.25, -0.2) is 0 Å². The predicted molar refractivity (Wildman–Crippen MR) is 76.4 cm³/mol. The summed E-state index contributed by atoms with van der Waals surface area (Å²) in [6.45, 7) is 0.712. The minimum Gasteiger partial charge on any atom is -0.492 e. The van der Waals surface area contributed by atoms with Crippen molar-refractivity contribution in [2.75, 3.05) is 12.4 Å². The summed E-state index contributed by atoms with van der Waals surface area (Å²) in [5, 5.41) is 0. The van der Waals surface area contributed by atoms with Gasteiger partial charge in [-0.1, -0.05) is 24.3 Å². The molecule has 2 aromatic rings. The molecule has 3 rings (SSSR count). The molecule has 0 N–H and O–H groups in total. The molecule has 0 unspecified atom stereocenters. The molecule has 0 aliphatic carbocycles. The van der Waals surface area contributed by atoms with Gasteiger partial charge < -0.3 is 4.74 Å². The summed E-state index contributed by atoms with van der Waals surface area (Å²) in [5.74, 6) is 1.84. The highest BCUT2D eigenvalue weighted by Crippen LogP contribution is 2.30. The molecule has 1 heterocycles. The molecule has 0 bridgehead atoms. The van der Waals surface area contributed by atoms with Crippen molar-refractivity contribution in [3.8, 4) is 5.75 Å². The maximum Gasteiger partial charge on any atom is 0.128 e. The monoisotopic (exact) mass is 255 g/mol. The van der Waals surface area contributed by atoms with Gasteiger partial charge >= 0.3 is 0 Å². The van der Waals surface area contributed by atoms with E-state index in [0.717, 1.165) is 22.8 Å². The second-order valence-corrected chi connectivity index (χ2v) is 5.10. The molecule has 1 aliphatic rings. The molecule has 0 atom stereocenters. The van der Waals surface area contributed by atoms with Gasteiger partial charge in [-0.3, -0.25) is 4.99 Å². The number of thioether (sulfide) groups is 1. The number of nitrogens with zero attached hydrogens (tertiary/aromatic N) is 1. The van der Waals surface area contributed by atoms with Crippen molar-refractivity contribution >= 4 is 23.7 Å². The highest BCUT2D eigenvalue weighted by molar-refractivity contribution is 7.99. The molecule has 90 valence electrons. The zero-order valence-corrected chi connectivity index (χ0v) is 10.7. The molecule has 0 spiro atoms. The highest BCUT2D eigenvalue weighted by atomic mass is 32.2. The first-order chi connectivity index (χ1) is 8.93. The molecule has 2 nitrogen and oxygen atoms in total. The standard InChI is InChI=1S/C15H13NOS/c1-3-7-14-12(5-1)11-16-13-6-2-4-8-15(13)18-10-9-17-14/h1-8,11H,9-10H2. The van der Waals surface area contributed by atoms with E-state index in [1.54, 1.807) is 11.8 Å². The van der Waals surface area contributed by atoms with E-state index in [1.807, 2.05) is 48.7 Å². The van der Waals surface area contributed by atoms with Crippen LogP contribution in [0.25, 0.3) is 0 Å². The Morgan fingerprint density at radius 3 is 2.83 bits per heavy atom. The first-order valence-electron chi connectivity index (χ1n) is 5.91. The molecule has 0 aromatic heterocycles. The molecule has 0 fully saturated rings. The number of aliphatic imine (C=N–C) groups is 1. The second kappa shape index (κ2) is 5.27. The third kappa shape index (κ3) is 2.41. The van der Waals surface area contributed by atoms with Crippen LogP contribution >= 0.6 is 11.8 Å². The number of hydrogen-bond donors (Lipinski definition) is 0. The van der Waals surface area contributed by atoms with Crippen LogP contribution in [0, 0.1) is 0 Å². The van der Waals surface area contributed by atoms with Crippen LogP contribution in [0.2, 0.25) is 0 Å². The van der Waals surface area contributed by atoms with Crippen LogP contribution in [0.3, 0.4) is 0 Å². The SMILES string of the molecule is C1=Nc2ccccc2SCCOc2ccccc21. The zero-order chi connectivity index (χ0) is 12.2. The lowest BCUT2D eigenvalue weighted by molar-refractivity contribution is 0.343. The van der Waals surface area contributed by atoms with E-state index in [4.69, 9.17) is 4.74 Å². The van der Waals surface area contributed by atoms with Gasteiger partial charge in [0.2, 0.25) is 0 Å². The van der Waals surface area contributed by atoms with Crippen molar-refractivity contribution in [1.82, 2.24) is 0 Å². The van der Waals surface area contributed by atoms with Crippen molar-refractivity contribution in [2.24, 2.45) is 4.99 Å². The summed E-state index contributed by atoms with van der Waals surface area (Å²) in [6.07, 6.45) is 1.88. The number of para-hydroxylation sites is 2. The van der Waals surface area contributed by atoms with E-state index < -0.39 is 0 Å². The van der Waals surface area contributed by atoms with Crippen LogP contribution in [-0.4, -0.2) is 18.6 Å². The van der Waals surface area contributed by atoms with Crippen LogP contribution in [0.4, 0.5) is 5.69 Å². The van der Waals surface area contributed by atoms with Gasteiger partial charge in [0.1, 0.15) is 5.75 Å². The molecular formula is C15H13NOS. The molecule has 2 aromatic carbocycles. The lowest BCUT2D eigenvalue weighted by atomic mass is 10.2. The summed E-state index contributed by atoms with van der Waals surface area (Å²) in [7, 11) is 0. The quantitative estimate of drug-likeness (QED) is 0.711.